The Morgan fingerprint density at radius 1 is 0.296 bits per heavy atom. The molecule has 20 saturated carbocycles. The number of rotatable bonds is 21. The van der Waals surface area contributed by atoms with Gasteiger partial charge in [0, 0.05) is 42.4 Å². The predicted molar refractivity (Wildman–Crippen MR) is 523 cm³/mol. The van der Waals surface area contributed by atoms with Crippen LogP contribution in [-0.4, -0.2) is 129 Å². The molecular formula is C103H173Cl3F15O11Rf5Si5-5. The molecule has 0 heterocycles. The molecule has 0 radical (unpaired) electrons. The number of hydrogen-bond donors (Lipinski definition) is 5. The van der Waals surface area contributed by atoms with E-state index in [1.807, 2.05) is 109 Å². The monoisotopic (exact) mass is 3450 g/mol. The van der Waals surface area contributed by atoms with Crippen LogP contribution in [0.25, 0.3) is 0 Å². The quantitative estimate of drug-likeness (QED) is 0.0186. The molecule has 812 valence electrons. The van der Waals surface area contributed by atoms with E-state index in [1.54, 1.807) is 0 Å². The second-order valence-electron chi connectivity index (χ2n) is 50.5. The summed E-state index contributed by atoms with van der Waals surface area (Å²) in [5.74, 6) is 20.8. The summed E-state index contributed by atoms with van der Waals surface area (Å²) in [7, 11) is -6.48. The molecule has 20 bridgehead atoms. The Morgan fingerprint density at radius 2 is 0.444 bits per heavy atom. The molecule has 35 atom stereocenters. The molecule has 0 spiro atoms. The smallest absolute Gasteiger partial charge is 0.497 e. The maximum absolute atomic E-state index is 12.6. The third kappa shape index (κ3) is 28.0. The van der Waals surface area contributed by atoms with Gasteiger partial charge >= 0.3 is 17.4 Å². The summed E-state index contributed by atoms with van der Waals surface area (Å²) < 4.78 is 222. The van der Waals surface area contributed by atoms with Gasteiger partial charge in [-0.3, -0.25) is 0 Å². The van der Waals surface area contributed by atoms with Crippen LogP contribution in [-0.2, 0) is 26.6 Å². The first-order valence-electron chi connectivity index (χ1n) is 52.3. The van der Waals surface area contributed by atoms with Crippen LogP contribution < -0.4 is 0 Å². The van der Waals surface area contributed by atoms with E-state index in [-0.39, 0.29) is 62.0 Å². The van der Waals surface area contributed by atoms with Crippen LogP contribution in [0, 0.1) is 248 Å². The van der Waals surface area contributed by atoms with Crippen LogP contribution in [0.5, 0.6) is 0 Å². The minimum Gasteiger partial charge on any atom is -0.554 e. The van der Waals surface area contributed by atoms with Crippen LogP contribution >= 0.6 is 33.2 Å². The van der Waals surface area contributed by atoms with Gasteiger partial charge < -0.3 is 52.1 Å². The Balaban J connectivity index is 0.000000342. The van der Waals surface area contributed by atoms with E-state index in [1.165, 1.54) is 96.3 Å². The summed E-state index contributed by atoms with van der Waals surface area (Å²) >= 11 is 16.5. The third-order valence-electron chi connectivity index (χ3n) is 38.2. The largest absolute Gasteiger partial charge is 0.554 e. The molecule has 11 nitrogen and oxygen atoms in total. The Morgan fingerprint density at radius 3 is 0.563 bits per heavy atom. The Labute approximate surface area is 834 Å². The van der Waals surface area contributed by atoms with Crippen molar-refractivity contribution in [2.24, 2.45) is 205 Å². The van der Waals surface area contributed by atoms with Crippen molar-refractivity contribution >= 4 is 73.0 Å². The first-order chi connectivity index (χ1) is 62.8. The van der Waals surface area contributed by atoms with Crippen LogP contribution in [0.2, 0.25) is 72.0 Å². The van der Waals surface area contributed by atoms with Gasteiger partial charge in [-0.2, -0.15) is 11.1 Å². The van der Waals surface area contributed by atoms with E-state index < -0.39 is 101 Å². The zero-order chi connectivity index (χ0) is 102. The maximum atomic E-state index is 12.6. The van der Waals surface area contributed by atoms with Crippen LogP contribution in [0.4, 0.5) is 65.9 Å². The molecule has 20 fully saturated rings. The number of alkyl halides is 15. The number of halogens is 18. The van der Waals surface area contributed by atoms with Crippen molar-refractivity contribution in [3.8, 4) is 12.5 Å². The van der Waals surface area contributed by atoms with Gasteiger partial charge in [0.15, 0.2) is 0 Å². The second kappa shape index (κ2) is 46.0. The zero-order valence-corrected chi connectivity index (χ0v) is 128. The number of aliphatic hydroxyl groups is 5. The fourth-order valence-electron chi connectivity index (χ4n) is 35.4. The van der Waals surface area contributed by atoms with Gasteiger partial charge in [-0.15, -0.1) is 54.3 Å². The first kappa shape index (κ1) is 126. The van der Waals surface area contributed by atoms with Gasteiger partial charge in [0.25, 0.3) is 39.2 Å². The molecule has 0 aromatic rings. The van der Waals surface area contributed by atoms with Crippen molar-refractivity contribution in [2.45, 2.75) is 365 Å². The molecule has 35 unspecified atom stereocenters. The number of hydrogen-bond acceptors (Lipinski definition) is 11. The van der Waals surface area contributed by atoms with Gasteiger partial charge in [-0.1, -0.05) is 118 Å². The molecule has 0 amide bonds. The van der Waals surface area contributed by atoms with Crippen molar-refractivity contribution in [3.05, 3.63) is 30.5 Å². The standard InChI is InChI=1S/5C16H22F3O.C7H18O3Si.C6H16O2Si.C5H10OSi.C3H9ClSi.C2H6Cl2Si.5Rf.2H2/c5*1-15(7-12(20)16(17,18)19)6-10-5-11(15)14-9-3-2-8(4-9)13(10)14;1-5-8-11(4,9-6-2)10-7-3;1-5-7-9(3,4)8-6-2;1-5-6-7(2,3)4;2*1-5(2,3)4;;;;;;;/h5*8-11,13-14,20H,2-7H2,1H3;5-7H2,1-4H3;5-6H2,1-4H3;1H,2-4H3;1-3H3;1-2H3;;;;;;2*1H/q5*-1;;;;;;;;;;;;. The van der Waals surface area contributed by atoms with Crippen molar-refractivity contribution in [3.63, 3.8) is 0 Å². The van der Waals surface area contributed by atoms with E-state index in [0.29, 0.717) is 109 Å². The van der Waals surface area contributed by atoms with Gasteiger partial charge in [0.1, 0.15) is 7.38 Å². The van der Waals surface area contributed by atoms with Gasteiger partial charge in [0.2, 0.25) is 6.69 Å². The Hall–Kier alpha value is -5.14. The topological polar surface area (TPSA) is 157 Å². The summed E-state index contributed by atoms with van der Waals surface area (Å²) in [6.07, 6.45) is 7.09. The molecule has 20 aliphatic carbocycles. The van der Waals surface area contributed by atoms with Crippen LogP contribution in [0.3, 0.4) is 0 Å². The van der Waals surface area contributed by atoms with Crippen molar-refractivity contribution in [1.82, 2.24) is 0 Å². The van der Waals surface area contributed by atoms with E-state index in [4.69, 9.17) is 66.2 Å². The van der Waals surface area contributed by atoms with E-state index in [0.717, 1.165) is 166 Å². The second-order valence-corrected chi connectivity index (χ2v) is 77.3. The zero-order valence-electron chi connectivity index (χ0n) is 89.2. The normalized spacial score (nSPS) is 40.4. The SMILES string of the molecule is C#CO[Si](C)(C)C.CC1(C[C-](O)C(F)(F)F)CC2CC1C1C3CCC(C3)C21.CC1(C[C-](O)C(F)(F)F)CC2CC1C1C3CCC(C3)C21.CC1(C[C-](O)C(F)(F)F)CC2CC1C1C3CCC(C3)C21.CC1(C[C-](O)C(F)(F)F)CC2CC1C1C3CCC(C3)C21.CC1(C[C-](O)C(F)(F)F)CC2CC1C1C3CCC(C3)C21.CCO[Si](C)(C)OCC.CCO[Si](C)(OCC)OCC.C[Si](C)(C)Cl.C[Si](C)(Cl)Cl.[HH].[HH].[Rf].[Rf].[Rf].[Rf].[Rf]. The Bertz CT molecular complexity index is 3460. The molecule has 20 rings (SSSR count). The van der Waals surface area contributed by atoms with Crippen molar-refractivity contribution in [1.29, 1.82) is 0 Å². The maximum Gasteiger partial charge on any atom is 0.497 e. The van der Waals surface area contributed by atoms with Crippen molar-refractivity contribution in [2.75, 3.05) is 33.0 Å². The van der Waals surface area contributed by atoms with E-state index in [9.17, 15) is 91.4 Å². The summed E-state index contributed by atoms with van der Waals surface area (Å²) in [5, 5.41) is 47.0. The average Bonchev–Trinajstić information content (AvgIpc) is 1.56. The molecule has 0 aliphatic heterocycles. The number of fused-ring (bicyclic) bond motifs is 45. The van der Waals surface area contributed by atoms with E-state index >= 15 is 0 Å². The molecular weight excluding hydrogens is 3280 g/mol. The molecule has 0 aromatic carbocycles. The van der Waals surface area contributed by atoms with Crippen molar-refractivity contribution < 1.29 is 121 Å². The summed E-state index contributed by atoms with van der Waals surface area (Å²) in [6.45, 7) is 43.8. The molecule has 39 heteroatoms. The first-order valence-corrected chi connectivity index (χ1v) is 70.3. The van der Waals surface area contributed by atoms with Crippen LogP contribution in [0.15, 0.2) is 0 Å². The van der Waals surface area contributed by atoms with E-state index in [2.05, 4.69) is 38.8 Å². The summed E-state index contributed by atoms with van der Waals surface area (Å²) in [5.41, 5.74) is -1.62. The third-order valence-corrected chi connectivity index (χ3v) is 43.4. The van der Waals surface area contributed by atoms with Crippen LogP contribution in [0.1, 0.15) is 265 Å². The van der Waals surface area contributed by atoms with Gasteiger partial charge in [-0.05, 0) is 419 Å². The average molecular weight is 3450 g/mol. The molecule has 142 heavy (non-hydrogen) atoms. The molecule has 5 N–H and O–H groups in total. The Kier molecular flexibility index (Phi) is 40.6. The molecule has 0 saturated heterocycles. The molecule has 20 aliphatic rings. The fourth-order valence-corrected chi connectivity index (χ4v) is 39.1. The van der Waals surface area contributed by atoms with Gasteiger partial charge in [-0.25, -0.2) is 65.9 Å². The minimum absolute atomic E-state index is 0. The fraction of sp³-hybridized carbons (Fsp3) is 0.932. The summed E-state index contributed by atoms with van der Waals surface area (Å²) in [4.78, 5) is 0. The number of aliphatic hydroxyl groups excluding tert-OH is 5. The van der Waals surface area contributed by atoms with Gasteiger partial charge in [0.05, 0.1) is 6.11 Å². The minimum atomic E-state index is -4.54. The number of terminal acetylenes is 1. The molecule has 0 aromatic heterocycles. The summed E-state index contributed by atoms with van der Waals surface area (Å²) in [6, 6.07) is 0. The predicted octanol–water partition coefficient (Wildman–Crippen LogP) is 32.3.